The minimum atomic E-state index is 0.874. The van der Waals surface area contributed by atoms with Crippen molar-refractivity contribution in [2.45, 2.75) is 0 Å². The van der Waals surface area contributed by atoms with E-state index >= 15 is 0 Å². The highest BCUT2D eigenvalue weighted by Crippen LogP contribution is 2.46. The van der Waals surface area contributed by atoms with Gasteiger partial charge in [0, 0.05) is 27.2 Å². The molecule has 1 aliphatic rings. The third kappa shape index (κ3) is 4.99. The number of fused-ring (bicyclic) bond motifs is 8. The Balaban J connectivity index is 0.987. The molecule has 0 atom stereocenters. The summed E-state index contributed by atoms with van der Waals surface area (Å²) in [6.45, 7) is 0. The zero-order chi connectivity index (χ0) is 37.5. The fraction of sp³-hybridized carbons (Fsp3) is 0. The van der Waals surface area contributed by atoms with Crippen molar-refractivity contribution in [3.8, 4) is 67.4 Å². The molecule has 57 heavy (non-hydrogen) atoms. The minimum Gasteiger partial charge on any atom is -0.453 e. The number of hydrogen-bond acceptors (Lipinski definition) is 1. The Morgan fingerprint density at radius 3 is 1.51 bits per heavy atom. The fourth-order valence-electron chi connectivity index (χ4n) is 9.02. The summed E-state index contributed by atoms with van der Waals surface area (Å²) in [5.74, 6) is 1.76. The van der Waals surface area contributed by atoms with Gasteiger partial charge in [0.1, 0.15) is 0 Å². The molecule has 3 heteroatoms. The first-order chi connectivity index (χ1) is 28.2. The summed E-state index contributed by atoms with van der Waals surface area (Å²) in [7, 11) is 0. The second-order valence-corrected chi connectivity index (χ2v) is 15.0. The van der Waals surface area contributed by atoms with Crippen LogP contribution in [0.3, 0.4) is 0 Å². The Morgan fingerprint density at radius 1 is 0.281 bits per heavy atom. The van der Waals surface area contributed by atoms with Crippen LogP contribution in [0.4, 0.5) is 0 Å². The van der Waals surface area contributed by atoms with E-state index in [2.05, 4.69) is 203 Å². The molecule has 0 amide bonds. The van der Waals surface area contributed by atoms with E-state index in [-0.39, 0.29) is 0 Å². The van der Waals surface area contributed by atoms with Gasteiger partial charge in [-0.25, -0.2) is 0 Å². The second kappa shape index (κ2) is 12.5. The van der Waals surface area contributed by atoms with Crippen LogP contribution in [0.5, 0.6) is 11.5 Å². The molecule has 266 valence electrons. The van der Waals surface area contributed by atoms with E-state index < -0.39 is 0 Å². The lowest BCUT2D eigenvalue weighted by Crippen LogP contribution is -2.03. The van der Waals surface area contributed by atoms with Crippen LogP contribution in [0.2, 0.25) is 0 Å². The molecule has 1 aliphatic heterocycles. The molecule has 12 rings (SSSR count). The molecule has 0 saturated carbocycles. The van der Waals surface area contributed by atoms with Crippen molar-refractivity contribution in [2.75, 3.05) is 0 Å². The SMILES string of the molecule is c1ccc(-c2ccc3c(c2)c2cc(-c4ccccc4)ccc2n3-c2cccc(-c3cccc(-c4ccc5c6cccc7c6n(c5c4)-c4ccccc4O7)c3)c2)cc1. The van der Waals surface area contributed by atoms with Gasteiger partial charge in [-0.1, -0.05) is 140 Å². The van der Waals surface area contributed by atoms with Crippen LogP contribution < -0.4 is 4.74 Å². The molecule has 0 radical (unpaired) electrons. The molecular formula is C54H34N2O. The van der Waals surface area contributed by atoms with Crippen molar-refractivity contribution in [3.63, 3.8) is 0 Å². The predicted molar refractivity (Wildman–Crippen MR) is 237 cm³/mol. The second-order valence-electron chi connectivity index (χ2n) is 15.0. The van der Waals surface area contributed by atoms with Gasteiger partial charge in [-0.2, -0.15) is 0 Å². The lowest BCUT2D eigenvalue weighted by molar-refractivity contribution is 0.476. The van der Waals surface area contributed by atoms with Gasteiger partial charge in [-0.05, 0) is 111 Å². The summed E-state index contributed by atoms with van der Waals surface area (Å²) < 4.78 is 11.2. The summed E-state index contributed by atoms with van der Waals surface area (Å²) in [6.07, 6.45) is 0. The van der Waals surface area contributed by atoms with Crippen LogP contribution >= 0.6 is 0 Å². The molecule has 3 heterocycles. The van der Waals surface area contributed by atoms with Gasteiger partial charge >= 0.3 is 0 Å². The van der Waals surface area contributed by atoms with E-state index in [9.17, 15) is 0 Å². The van der Waals surface area contributed by atoms with Crippen molar-refractivity contribution in [2.24, 2.45) is 0 Å². The molecule has 2 aromatic heterocycles. The van der Waals surface area contributed by atoms with Crippen LogP contribution in [-0.4, -0.2) is 9.13 Å². The highest BCUT2D eigenvalue weighted by Gasteiger charge is 2.23. The van der Waals surface area contributed by atoms with Crippen LogP contribution in [0.25, 0.3) is 99.5 Å². The largest absolute Gasteiger partial charge is 0.453 e. The first kappa shape index (κ1) is 31.7. The zero-order valence-electron chi connectivity index (χ0n) is 30.9. The Morgan fingerprint density at radius 2 is 0.807 bits per heavy atom. The third-order valence-corrected chi connectivity index (χ3v) is 11.7. The maximum absolute atomic E-state index is 6.37. The number of para-hydroxylation sites is 3. The monoisotopic (exact) mass is 726 g/mol. The van der Waals surface area contributed by atoms with Crippen molar-refractivity contribution < 1.29 is 4.74 Å². The van der Waals surface area contributed by atoms with E-state index in [0.717, 1.165) is 28.4 Å². The van der Waals surface area contributed by atoms with Crippen LogP contribution in [0.15, 0.2) is 206 Å². The average Bonchev–Trinajstić information content (AvgIpc) is 3.80. The van der Waals surface area contributed by atoms with Gasteiger partial charge in [0.25, 0.3) is 0 Å². The van der Waals surface area contributed by atoms with Crippen molar-refractivity contribution in [1.29, 1.82) is 0 Å². The van der Waals surface area contributed by atoms with Gasteiger partial charge in [0.2, 0.25) is 0 Å². The molecule has 0 bridgehead atoms. The van der Waals surface area contributed by atoms with Gasteiger partial charge in [0.05, 0.1) is 27.8 Å². The molecule has 0 aliphatic carbocycles. The summed E-state index contributed by atoms with van der Waals surface area (Å²) in [6, 6.07) is 74.6. The summed E-state index contributed by atoms with van der Waals surface area (Å²) in [5.41, 5.74) is 16.4. The lowest BCUT2D eigenvalue weighted by atomic mass is 9.98. The van der Waals surface area contributed by atoms with Gasteiger partial charge in [-0.15, -0.1) is 0 Å². The average molecular weight is 727 g/mol. The molecule has 0 spiro atoms. The van der Waals surface area contributed by atoms with Crippen molar-refractivity contribution >= 4 is 43.6 Å². The number of aromatic nitrogens is 2. The standard InChI is InChI=1S/C54H34N2O/c1-3-12-35(13-4-1)40-25-28-48-46(32-40)47-33-41(36-14-5-2-6-15-36)26-29-49(47)55(48)43-19-10-18-39(31-43)37-16-9-17-38(30-37)42-24-27-44-45-20-11-23-53-54(45)56(51(44)34-42)50-21-7-8-22-52(50)57-53/h1-34H. The number of rotatable bonds is 5. The first-order valence-electron chi connectivity index (χ1n) is 19.5. The summed E-state index contributed by atoms with van der Waals surface area (Å²) >= 11 is 0. The third-order valence-electron chi connectivity index (χ3n) is 11.7. The number of ether oxygens (including phenoxy) is 1. The van der Waals surface area contributed by atoms with Crippen LogP contribution in [0.1, 0.15) is 0 Å². The first-order valence-corrected chi connectivity index (χ1v) is 19.5. The van der Waals surface area contributed by atoms with Gasteiger partial charge in [0.15, 0.2) is 11.5 Å². The molecule has 0 fully saturated rings. The van der Waals surface area contributed by atoms with E-state index in [1.54, 1.807) is 0 Å². The van der Waals surface area contributed by atoms with E-state index in [4.69, 9.17) is 4.74 Å². The topological polar surface area (TPSA) is 19.1 Å². The zero-order valence-corrected chi connectivity index (χ0v) is 30.9. The molecule has 11 aromatic rings. The summed E-state index contributed by atoms with van der Waals surface area (Å²) in [4.78, 5) is 0. The normalized spacial score (nSPS) is 12.0. The van der Waals surface area contributed by atoms with Gasteiger partial charge < -0.3 is 13.9 Å². The molecular weight excluding hydrogens is 693 g/mol. The Hall–Kier alpha value is -7.62. The lowest BCUT2D eigenvalue weighted by Gasteiger charge is -2.20. The molecule has 0 N–H and O–H groups in total. The molecule has 9 aromatic carbocycles. The molecule has 3 nitrogen and oxygen atoms in total. The Bertz CT molecular complexity index is 3270. The number of hydrogen-bond donors (Lipinski definition) is 0. The molecule has 0 unspecified atom stereocenters. The van der Waals surface area contributed by atoms with E-state index in [0.29, 0.717) is 0 Å². The van der Waals surface area contributed by atoms with Crippen molar-refractivity contribution in [1.82, 2.24) is 9.13 Å². The number of nitrogens with zero attached hydrogens (tertiary/aromatic N) is 2. The minimum absolute atomic E-state index is 0.874. The Labute approximate surface area is 329 Å². The highest BCUT2D eigenvalue weighted by atomic mass is 16.5. The van der Waals surface area contributed by atoms with Crippen LogP contribution in [-0.2, 0) is 0 Å². The Kier molecular flexibility index (Phi) is 6.93. The summed E-state index contributed by atoms with van der Waals surface area (Å²) in [5, 5.41) is 4.90. The maximum Gasteiger partial charge on any atom is 0.152 e. The quantitative estimate of drug-likeness (QED) is 0.173. The number of benzene rings is 9. The van der Waals surface area contributed by atoms with Crippen molar-refractivity contribution in [3.05, 3.63) is 206 Å². The fourth-order valence-corrected chi connectivity index (χ4v) is 9.02. The van der Waals surface area contributed by atoms with E-state index in [1.165, 1.54) is 82.6 Å². The smallest absolute Gasteiger partial charge is 0.152 e. The van der Waals surface area contributed by atoms with Gasteiger partial charge in [-0.3, -0.25) is 0 Å². The predicted octanol–water partition coefficient (Wildman–Crippen LogP) is 14.7. The maximum atomic E-state index is 6.37. The molecule has 0 saturated heterocycles. The highest BCUT2D eigenvalue weighted by molar-refractivity contribution is 6.13. The van der Waals surface area contributed by atoms with E-state index in [1.807, 2.05) is 12.1 Å². The van der Waals surface area contributed by atoms with Crippen LogP contribution in [0, 0.1) is 0 Å².